The molecule has 0 aliphatic rings. The monoisotopic (exact) mass is 618 g/mol. The first kappa shape index (κ1) is 30.9. The van der Waals surface area contributed by atoms with Crippen molar-refractivity contribution >= 4 is 51.2 Å². The number of imide groups is 1. The number of ether oxygens (including phenoxy) is 4. The van der Waals surface area contributed by atoms with Gasteiger partial charge in [-0.3, -0.25) is 0 Å². The Morgan fingerprint density at radius 3 is 1.90 bits per heavy atom. The number of methoxy groups -OCH3 is 1. The molecule has 0 unspecified atom stereocenters. The van der Waals surface area contributed by atoms with Crippen molar-refractivity contribution in [3.05, 3.63) is 35.1 Å². The van der Waals surface area contributed by atoms with Crippen LogP contribution in [0.25, 0.3) is 22.2 Å². The highest BCUT2D eigenvalue weighted by molar-refractivity contribution is 9.10. The highest BCUT2D eigenvalue weighted by Crippen LogP contribution is 2.38. The van der Waals surface area contributed by atoms with Crippen LogP contribution in [0.3, 0.4) is 0 Å². The Morgan fingerprint density at radius 2 is 1.40 bits per heavy atom. The van der Waals surface area contributed by atoms with Crippen molar-refractivity contribution in [2.45, 2.75) is 79.1 Å². The molecule has 0 aliphatic heterocycles. The second-order valence-corrected chi connectivity index (χ2v) is 12.9. The molecule has 0 N–H and O–H groups in total. The predicted octanol–water partition coefficient (Wildman–Crippen LogP) is 7.33. The minimum Gasteiger partial charge on any atom is -0.496 e. The minimum absolute atomic E-state index is 0.254. The number of hydrogen-bond donors (Lipinski definition) is 0. The maximum atomic E-state index is 13.2. The van der Waals surface area contributed by atoms with Gasteiger partial charge in [-0.15, -0.1) is 4.90 Å². The zero-order valence-corrected chi connectivity index (χ0v) is 26.0. The lowest BCUT2D eigenvalue weighted by molar-refractivity contribution is 0.0425. The standard InChI is InChI=1S/C28H35BrN4O7/c1-26(2,3)38-23(34)32-15-18(17-13-16(29)11-12-20(17)37-10)21-19(32)14-30-22(31-21)33(24(35)39-27(4,5)6)25(36)40-28(7,8)9/h11-15H,1-10H3. The Hall–Kier alpha value is -3.67. The SMILES string of the molecule is COc1ccc(Br)cc1-c1cn(C(=O)OC(C)(C)C)c2cnc(N(C(=O)OC(C)(C)C)C(=O)OC(C)(C)C)nc12. The lowest BCUT2D eigenvalue weighted by atomic mass is 10.1. The summed E-state index contributed by atoms with van der Waals surface area (Å²) in [5.74, 6) is 0.205. The van der Waals surface area contributed by atoms with E-state index in [0.717, 1.165) is 4.47 Å². The van der Waals surface area contributed by atoms with Gasteiger partial charge in [-0.25, -0.2) is 28.9 Å². The van der Waals surface area contributed by atoms with Gasteiger partial charge in [0.05, 0.1) is 18.8 Å². The fourth-order valence-electron chi connectivity index (χ4n) is 3.51. The van der Waals surface area contributed by atoms with Crippen molar-refractivity contribution < 1.29 is 33.3 Å². The van der Waals surface area contributed by atoms with Crippen LogP contribution in [-0.2, 0) is 14.2 Å². The van der Waals surface area contributed by atoms with Crippen LogP contribution in [0.2, 0.25) is 0 Å². The summed E-state index contributed by atoms with van der Waals surface area (Å²) in [6.45, 7) is 15.3. The molecule has 0 atom stereocenters. The van der Waals surface area contributed by atoms with E-state index >= 15 is 0 Å². The van der Waals surface area contributed by atoms with E-state index in [0.29, 0.717) is 21.8 Å². The van der Waals surface area contributed by atoms with Crippen LogP contribution >= 0.6 is 15.9 Å². The van der Waals surface area contributed by atoms with Crippen molar-refractivity contribution in [3.8, 4) is 16.9 Å². The molecule has 216 valence electrons. The molecule has 0 saturated heterocycles. The summed E-state index contributed by atoms with van der Waals surface area (Å²) in [4.78, 5) is 49.1. The van der Waals surface area contributed by atoms with Gasteiger partial charge in [0.15, 0.2) is 0 Å². The number of carbonyl (C=O) groups is 3. The topological polar surface area (TPSA) is 122 Å². The number of benzene rings is 1. The van der Waals surface area contributed by atoms with Crippen LogP contribution in [0.4, 0.5) is 20.3 Å². The van der Waals surface area contributed by atoms with Crippen LogP contribution in [0.5, 0.6) is 5.75 Å². The van der Waals surface area contributed by atoms with Crippen molar-refractivity contribution in [1.82, 2.24) is 14.5 Å². The first-order chi connectivity index (χ1) is 18.3. The third-order valence-electron chi connectivity index (χ3n) is 4.92. The Labute approximate surface area is 241 Å². The van der Waals surface area contributed by atoms with Gasteiger partial charge in [-0.2, -0.15) is 0 Å². The zero-order chi connectivity index (χ0) is 30.2. The van der Waals surface area contributed by atoms with Crippen molar-refractivity contribution in [1.29, 1.82) is 0 Å². The molecule has 0 aliphatic carbocycles. The second-order valence-electron chi connectivity index (χ2n) is 11.9. The number of fused-ring (bicyclic) bond motifs is 1. The van der Waals surface area contributed by atoms with Gasteiger partial charge in [0.2, 0.25) is 5.95 Å². The Balaban J connectivity index is 2.30. The fourth-order valence-corrected chi connectivity index (χ4v) is 3.87. The quantitative estimate of drug-likeness (QED) is 0.277. The fraction of sp³-hybridized carbons (Fsp3) is 0.464. The second kappa shape index (κ2) is 11.1. The van der Waals surface area contributed by atoms with Gasteiger partial charge in [-0.1, -0.05) is 15.9 Å². The number of nitrogens with zero attached hydrogens (tertiary/aromatic N) is 4. The molecule has 3 aromatic rings. The Bertz CT molecular complexity index is 1420. The summed E-state index contributed by atoms with van der Waals surface area (Å²) in [6.07, 6.45) is 0.179. The molecule has 0 fully saturated rings. The minimum atomic E-state index is -1.02. The molecule has 2 heterocycles. The Kier molecular flexibility index (Phi) is 8.54. The maximum absolute atomic E-state index is 13.2. The molecular weight excluding hydrogens is 584 g/mol. The summed E-state index contributed by atoms with van der Waals surface area (Å²) in [5.41, 5.74) is -1.02. The first-order valence-electron chi connectivity index (χ1n) is 12.5. The van der Waals surface area contributed by atoms with Crippen LogP contribution < -0.4 is 9.64 Å². The van der Waals surface area contributed by atoms with Gasteiger partial charge < -0.3 is 18.9 Å². The highest BCUT2D eigenvalue weighted by Gasteiger charge is 2.35. The normalized spacial score (nSPS) is 12.2. The molecule has 0 bridgehead atoms. The summed E-state index contributed by atoms with van der Waals surface area (Å²) >= 11 is 3.48. The van der Waals surface area contributed by atoms with Gasteiger partial charge in [0.1, 0.15) is 28.1 Å². The number of rotatable bonds is 3. The lowest BCUT2D eigenvalue weighted by Gasteiger charge is -2.27. The van der Waals surface area contributed by atoms with E-state index in [1.807, 2.05) is 6.07 Å². The Morgan fingerprint density at radius 1 is 0.850 bits per heavy atom. The molecule has 3 rings (SSSR count). The number of amides is 2. The maximum Gasteiger partial charge on any atom is 0.427 e. The third kappa shape index (κ3) is 7.50. The smallest absolute Gasteiger partial charge is 0.427 e. The molecule has 2 amide bonds. The molecule has 0 radical (unpaired) electrons. The van der Waals surface area contributed by atoms with E-state index in [2.05, 4.69) is 25.9 Å². The molecule has 11 nitrogen and oxygen atoms in total. The summed E-state index contributed by atoms with van der Waals surface area (Å²) < 4.78 is 24.1. The summed E-state index contributed by atoms with van der Waals surface area (Å²) in [5, 5.41) is 0. The highest BCUT2D eigenvalue weighted by atomic mass is 79.9. The van der Waals surface area contributed by atoms with Gasteiger partial charge >= 0.3 is 18.3 Å². The zero-order valence-electron chi connectivity index (χ0n) is 24.4. The average Bonchev–Trinajstić information content (AvgIpc) is 3.14. The van der Waals surface area contributed by atoms with E-state index in [4.69, 9.17) is 18.9 Å². The van der Waals surface area contributed by atoms with E-state index in [-0.39, 0.29) is 17.0 Å². The van der Waals surface area contributed by atoms with Crippen molar-refractivity contribution in [2.24, 2.45) is 0 Å². The number of anilines is 1. The third-order valence-corrected chi connectivity index (χ3v) is 5.42. The predicted molar refractivity (Wildman–Crippen MR) is 154 cm³/mol. The molecular formula is C28H35BrN4O7. The molecule has 40 heavy (non-hydrogen) atoms. The largest absolute Gasteiger partial charge is 0.496 e. The van der Waals surface area contributed by atoms with Crippen molar-refractivity contribution in [3.63, 3.8) is 0 Å². The first-order valence-corrected chi connectivity index (χ1v) is 13.3. The van der Waals surface area contributed by atoms with E-state index in [1.165, 1.54) is 17.9 Å². The summed E-state index contributed by atoms with van der Waals surface area (Å²) in [6, 6.07) is 5.36. The van der Waals surface area contributed by atoms with Gasteiger partial charge in [-0.05, 0) is 80.5 Å². The van der Waals surface area contributed by atoms with E-state index < -0.39 is 35.1 Å². The molecule has 12 heteroatoms. The average molecular weight is 620 g/mol. The number of aromatic nitrogens is 3. The number of carbonyl (C=O) groups excluding carboxylic acids is 3. The molecule has 0 spiro atoms. The molecule has 2 aromatic heterocycles. The summed E-state index contributed by atoms with van der Waals surface area (Å²) in [7, 11) is 1.52. The van der Waals surface area contributed by atoms with Crippen molar-refractivity contribution in [2.75, 3.05) is 12.0 Å². The number of hydrogen-bond acceptors (Lipinski definition) is 9. The van der Waals surface area contributed by atoms with Crippen LogP contribution in [0.15, 0.2) is 35.1 Å². The number of halogens is 1. The van der Waals surface area contributed by atoms with E-state index in [9.17, 15) is 14.4 Å². The lowest BCUT2D eigenvalue weighted by Crippen LogP contribution is -2.44. The van der Waals surface area contributed by atoms with Gasteiger partial charge in [0, 0.05) is 21.8 Å². The molecule has 0 saturated carbocycles. The van der Waals surface area contributed by atoms with Crippen LogP contribution in [0.1, 0.15) is 62.3 Å². The van der Waals surface area contributed by atoms with E-state index in [1.54, 1.807) is 80.6 Å². The van der Waals surface area contributed by atoms with Crippen LogP contribution in [-0.4, -0.2) is 56.7 Å². The molecule has 1 aromatic carbocycles. The van der Waals surface area contributed by atoms with Crippen LogP contribution in [0, 0.1) is 0 Å². The van der Waals surface area contributed by atoms with Gasteiger partial charge in [0.25, 0.3) is 0 Å².